The van der Waals surface area contributed by atoms with Crippen LogP contribution >= 0.6 is 0 Å². The molecule has 0 unspecified atom stereocenters. The van der Waals surface area contributed by atoms with Gasteiger partial charge in [0.25, 0.3) is 0 Å². The average Bonchev–Trinajstić information content (AvgIpc) is 2.76. The number of hydrogen-bond acceptors (Lipinski definition) is 4. The lowest BCUT2D eigenvalue weighted by atomic mass is 9.65. The number of esters is 1. The summed E-state index contributed by atoms with van der Waals surface area (Å²) >= 11 is 0. The van der Waals surface area contributed by atoms with Crippen LogP contribution in [-0.2, 0) is 14.3 Å². The van der Waals surface area contributed by atoms with E-state index in [4.69, 9.17) is 4.74 Å². The zero-order valence-electron chi connectivity index (χ0n) is 11.4. The van der Waals surface area contributed by atoms with Crippen molar-refractivity contribution in [2.45, 2.75) is 51.2 Å². The molecule has 0 aromatic rings. The third-order valence-corrected chi connectivity index (χ3v) is 5.82. The molecule has 0 bridgehead atoms. The lowest BCUT2D eigenvalue weighted by Gasteiger charge is -2.43. The van der Waals surface area contributed by atoms with Gasteiger partial charge in [0.1, 0.15) is 11.9 Å². The Kier molecular flexibility index (Phi) is 2.50. The molecule has 2 saturated carbocycles. The van der Waals surface area contributed by atoms with E-state index in [-0.39, 0.29) is 17.6 Å². The number of rotatable bonds is 0. The third kappa shape index (κ3) is 1.33. The number of aliphatic hydroxyl groups is 1. The predicted molar refractivity (Wildman–Crippen MR) is 68.2 cm³/mol. The van der Waals surface area contributed by atoms with Gasteiger partial charge in [-0.3, -0.25) is 4.79 Å². The molecule has 3 rings (SSSR count). The fraction of sp³-hybridized carbons (Fsp3) is 0.733. The summed E-state index contributed by atoms with van der Waals surface area (Å²) < 4.78 is 5.44. The van der Waals surface area contributed by atoms with E-state index in [9.17, 15) is 14.7 Å². The van der Waals surface area contributed by atoms with Crippen molar-refractivity contribution in [2.24, 2.45) is 17.3 Å². The molecule has 5 atom stereocenters. The molecule has 4 nitrogen and oxygen atoms in total. The van der Waals surface area contributed by atoms with Crippen LogP contribution in [-0.4, -0.2) is 28.6 Å². The molecular formula is C15H20O4. The molecule has 3 aliphatic rings. The van der Waals surface area contributed by atoms with E-state index in [1.54, 1.807) is 6.92 Å². The number of Topliss-reactive ketones (excluding diaryl/α,β-unsaturated/α-hetero) is 1. The van der Waals surface area contributed by atoms with Crippen LogP contribution in [0.5, 0.6) is 0 Å². The van der Waals surface area contributed by atoms with E-state index in [1.807, 2.05) is 6.92 Å². The van der Waals surface area contributed by atoms with Gasteiger partial charge in [0.2, 0.25) is 0 Å². The van der Waals surface area contributed by atoms with E-state index in [1.165, 1.54) is 0 Å². The molecule has 4 heteroatoms. The summed E-state index contributed by atoms with van der Waals surface area (Å²) in [6, 6.07) is 0. The Balaban J connectivity index is 2.14. The first-order valence-corrected chi connectivity index (χ1v) is 6.98. The second-order valence-electron chi connectivity index (χ2n) is 6.49. The summed E-state index contributed by atoms with van der Waals surface area (Å²) in [4.78, 5) is 24.2. The standard InChI is InChI=1S/C15H20O4/c1-8-4-5-10-9(2)13(17)19-12(10)14(3)11(16)6-7-15(8,14)18/h8,10,12,18H,2,4-7H2,1,3H3/t8-,10+,12-,14+,15-/m0/s1. The van der Waals surface area contributed by atoms with Crippen molar-refractivity contribution in [3.8, 4) is 0 Å². The highest BCUT2D eigenvalue weighted by Gasteiger charge is 2.68. The van der Waals surface area contributed by atoms with Gasteiger partial charge in [-0.25, -0.2) is 4.79 Å². The number of carbonyl (C=O) groups is 2. The Morgan fingerprint density at radius 2 is 2.05 bits per heavy atom. The van der Waals surface area contributed by atoms with E-state index in [0.717, 1.165) is 12.8 Å². The van der Waals surface area contributed by atoms with Gasteiger partial charge >= 0.3 is 5.97 Å². The molecule has 3 fully saturated rings. The van der Waals surface area contributed by atoms with E-state index in [2.05, 4.69) is 6.58 Å². The van der Waals surface area contributed by atoms with Gasteiger partial charge in [-0.15, -0.1) is 0 Å². The number of hydrogen-bond donors (Lipinski definition) is 1. The third-order valence-electron chi connectivity index (χ3n) is 5.82. The van der Waals surface area contributed by atoms with Crippen molar-refractivity contribution in [3.63, 3.8) is 0 Å². The van der Waals surface area contributed by atoms with Crippen LogP contribution in [0.25, 0.3) is 0 Å². The van der Waals surface area contributed by atoms with Crippen molar-refractivity contribution in [2.75, 3.05) is 0 Å². The summed E-state index contributed by atoms with van der Waals surface area (Å²) in [5, 5.41) is 11.1. The van der Waals surface area contributed by atoms with Crippen molar-refractivity contribution >= 4 is 11.8 Å². The van der Waals surface area contributed by atoms with Gasteiger partial charge in [0.05, 0.1) is 11.0 Å². The first-order valence-electron chi connectivity index (χ1n) is 6.98. The van der Waals surface area contributed by atoms with Crippen LogP contribution in [0.4, 0.5) is 0 Å². The molecule has 1 heterocycles. The summed E-state index contributed by atoms with van der Waals surface area (Å²) in [5.41, 5.74) is -1.58. The minimum absolute atomic E-state index is 0.0150. The van der Waals surface area contributed by atoms with Gasteiger partial charge < -0.3 is 9.84 Å². The van der Waals surface area contributed by atoms with Gasteiger partial charge in [-0.1, -0.05) is 13.5 Å². The summed E-state index contributed by atoms with van der Waals surface area (Å²) in [7, 11) is 0. The zero-order valence-corrected chi connectivity index (χ0v) is 11.4. The Bertz CT molecular complexity index is 483. The van der Waals surface area contributed by atoms with Gasteiger partial charge in [-0.2, -0.15) is 0 Å². The number of ketones is 1. The minimum Gasteiger partial charge on any atom is -0.457 e. The van der Waals surface area contributed by atoms with Crippen LogP contribution in [0.15, 0.2) is 12.2 Å². The number of ether oxygens (including phenoxy) is 1. The molecule has 0 radical (unpaired) electrons. The normalized spacial score (nSPS) is 49.6. The molecule has 1 saturated heterocycles. The largest absolute Gasteiger partial charge is 0.457 e. The predicted octanol–water partition coefficient (Wildman–Crippen LogP) is 1.61. The molecule has 2 aliphatic carbocycles. The van der Waals surface area contributed by atoms with Gasteiger partial charge in [-0.05, 0) is 32.1 Å². The van der Waals surface area contributed by atoms with Crippen molar-refractivity contribution in [3.05, 3.63) is 12.2 Å². The Morgan fingerprint density at radius 1 is 1.37 bits per heavy atom. The molecule has 104 valence electrons. The molecule has 0 aromatic carbocycles. The molecule has 1 aliphatic heterocycles. The second kappa shape index (κ2) is 3.69. The molecule has 0 spiro atoms. The summed E-state index contributed by atoms with van der Waals surface area (Å²) in [6.07, 6.45) is 1.83. The van der Waals surface area contributed by atoms with Crippen molar-refractivity contribution < 1.29 is 19.4 Å². The maximum absolute atomic E-state index is 12.4. The molecule has 0 amide bonds. The van der Waals surface area contributed by atoms with E-state index >= 15 is 0 Å². The summed E-state index contributed by atoms with van der Waals surface area (Å²) in [6.45, 7) is 7.57. The van der Waals surface area contributed by atoms with Gasteiger partial charge in [0.15, 0.2) is 0 Å². The average molecular weight is 264 g/mol. The minimum atomic E-state index is -1.06. The summed E-state index contributed by atoms with van der Waals surface area (Å²) in [5.74, 6) is -0.494. The first kappa shape index (κ1) is 12.9. The SMILES string of the molecule is C=C1C(=O)O[C@H]2[C@@H]1CC[C@H](C)[C@@]1(O)CCC(=O)[C@]21C. The van der Waals surface area contributed by atoms with Crippen LogP contribution in [0.3, 0.4) is 0 Å². The Labute approximate surface area is 112 Å². The first-order chi connectivity index (χ1) is 8.82. The van der Waals surface area contributed by atoms with Crippen LogP contribution < -0.4 is 0 Å². The zero-order chi connectivity index (χ0) is 14.0. The number of fused-ring (bicyclic) bond motifs is 3. The quantitative estimate of drug-likeness (QED) is 0.533. The van der Waals surface area contributed by atoms with E-state index < -0.39 is 23.1 Å². The Hall–Kier alpha value is -1.16. The second-order valence-corrected chi connectivity index (χ2v) is 6.49. The van der Waals surface area contributed by atoms with Crippen LogP contribution in [0, 0.1) is 17.3 Å². The molecule has 1 N–H and O–H groups in total. The highest BCUT2D eigenvalue weighted by Crippen LogP contribution is 2.58. The molecule has 19 heavy (non-hydrogen) atoms. The van der Waals surface area contributed by atoms with Crippen molar-refractivity contribution in [1.29, 1.82) is 0 Å². The fourth-order valence-electron chi connectivity index (χ4n) is 4.35. The maximum Gasteiger partial charge on any atom is 0.334 e. The van der Waals surface area contributed by atoms with Crippen LogP contribution in [0.2, 0.25) is 0 Å². The van der Waals surface area contributed by atoms with Crippen molar-refractivity contribution in [1.82, 2.24) is 0 Å². The molecular weight excluding hydrogens is 244 g/mol. The Morgan fingerprint density at radius 3 is 2.74 bits per heavy atom. The molecule has 0 aromatic heterocycles. The lowest BCUT2D eigenvalue weighted by Crippen LogP contribution is -2.56. The highest BCUT2D eigenvalue weighted by molar-refractivity contribution is 5.94. The topological polar surface area (TPSA) is 63.6 Å². The maximum atomic E-state index is 12.4. The smallest absolute Gasteiger partial charge is 0.334 e. The number of carbonyl (C=O) groups excluding carboxylic acids is 2. The van der Waals surface area contributed by atoms with Crippen LogP contribution in [0.1, 0.15) is 39.5 Å². The van der Waals surface area contributed by atoms with E-state index in [0.29, 0.717) is 18.4 Å². The lowest BCUT2D eigenvalue weighted by molar-refractivity contribution is -0.171. The van der Waals surface area contributed by atoms with Gasteiger partial charge in [0, 0.05) is 17.9 Å². The monoisotopic (exact) mass is 264 g/mol. The highest BCUT2D eigenvalue weighted by atomic mass is 16.6. The fourth-order valence-corrected chi connectivity index (χ4v) is 4.35.